The van der Waals surface area contributed by atoms with E-state index in [1.807, 2.05) is 18.7 Å². The lowest BCUT2D eigenvalue weighted by Gasteiger charge is -2.31. The lowest BCUT2D eigenvalue weighted by molar-refractivity contribution is -0.140. The fraction of sp³-hybridized carbons (Fsp3) is 0.909. The number of hydrogen-bond donors (Lipinski definition) is 0. The van der Waals surface area contributed by atoms with Gasteiger partial charge in [0, 0.05) is 37.6 Å². The standard InChI is InChI=1S/C11H20ClNO2/c1-9(2)13(6-5-12)11(14)10-3-7-15-8-4-10/h9-10H,3-8H2,1-2H3. The maximum absolute atomic E-state index is 12.1. The molecule has 0 aromatic carbocycles. The van der Waals surface area contributed by atoms with E-state index in [2.05, 4.69) is 0 Å². The van der Waals surface area contributed by atoms with Gasteiger partial charge in [-0.1, -0.05) is 0 Å². The summed E-state index contributed by atoms with van der Waals surface area (Å²) in [5.74, 6) is 0.894. The monoisotopic (exact) mass is 233 g/mol. The van der Waals surface area contributed by atoms with Crippen LogP contribution in [0.2, 0.25) is 0 Å². The summed E-state index contributed by atoms with van der Waals surface area (Å²) in [5, 5.41) is 0. The van der Waals surface area contributed by atoms with Gasteiger partial charge in [-0.2, -0.15) is 0 Å². The first-order valence-corrected chi connectivity index (χ1v) is 6.14. The molecular formula is C11H20ClNO2. The van der Waals surface area contributed by atoms with Gasteiger partial charge in [-0.3, -0.25) is 4.79 Å². The van der Waals surface area contributed by atoms with Crippen LogP contribution in [0.5, 0.6) is 0 Å². The van der Waals surface area contributed by atoms with Gasteiger partial charge < -0.3 is 9.64 Å². The number of rotatable bonds is 4. The largest absolute Gasteiger partial charge is 0.381 e. The van der Waals surface area contributed by atoms with Crippen molar-refractivity contribution < 1.29 is 9.53 Å². The second-order valence-electron chi connectivity index (χ2n) is 4.20. The summed E-state index contributed by atoms with van der Waals surface area (Å²) in [7, 11) is 0. The second-order valence-corrected chi connectivity index (χ2v) is 4.58. The van der Waals surface area contributed by atoms with E-state index < -0.39 is 0 Å². The average Bonchev–Trinajstić information content (AvgIpc) is 2.26. The molecular weight excluding hydrogens is 214 g/mol. The van der Waals surface area contributed by atoms with Crippen LogP contribution in [0.3, 0.4) is 0 Å². The van der Waals surface area contributed by atoms with Crippen molar-refractivity contribution in [2.24, 2.45) is 5.92 Å². The normalized spacial score (nSPS) is 18.1. The van der Waals surface area contributed by atoms with Gasteiger partial charge in [-0.15, -0.1) is 11.6 Å². The molecule has 0 bridgehead atoms. The van der Waals surface area contributed by atoms with Crippen molar-refractivity contribution in [1.82, 2.24) is 4.90 Å². The second kappa shape index (κ2) is 6.33. The highest BCUT2D eigenvalue weighted by Gasteiger charge is 2.27. The van der Waals surface area contributed by atoms with Crippen LogP contribution >= 0.6 is 11.6 Å². The van der Waals surface area contributed by atoms with Gasteiger partial charge in [-0.25, -0.2) is 0 Å². The van der Waals surface area contributed by atoms with E-state index in [-0.39, 0.29) is 17.9 Å². The third kappa shape index (κ3) is 3.65. The van der Waals surface area contributed by atoms with Gasteiger partial charge in [0.1, 0.15) is 0 Å². The SMILES string of the molecule is CC(C)N(CCCl)C(=O)C1CCOCC1. The Morgan fingerprint density at radius 1 is 1.47 bits per heavy atom. The van der Waals surface area contributed by atoms with E-state index in [0.29, 0.717) is 25.6 Å². The summed E-state index contributed by atoms with van der Waals surface area (Å²) in [6, 6.07) is 0.235. The third-order valence-corrected chi connectivity index (χ3v) is 2.97. The Balaban J connectivity index is 2.53. The molecule has 3 nitrogen and oxygen atoms in total. The number of nitrogens with zero attached hydrogens (tertiary/aromatic N) is 1. The van der Waals surface area contributed by atoms with Gasteiger partial charge in [0.25, 0.3) is 0 Å². The average molecular weight is 234 g/mol. The molecule has 0 N–H and O–H groups in total. The lowest BCUT2D eigenvalue weighted by Crippen LogP contribution is -2.43. The molecule has 1 heterocycles. The Labute approximate surface area is 96.7 Å². The molecule has 0 aromatic rings. The minimum atomic E-state index is 0.143. The number of alkyl halides is 1. The molecule has 88 valence electrons. The summed E-state index contributed by atoms with van der Waals surface area (Å²) >= 11 is 5.70. The van der Waals surface area contributed by atoms with Gasteiger partial charge in [0.05, 0.1) is 0 Å². The number of carbonyl (C=O) groups is 1. The zero-order chi connectivity index (χ0) is 11.3. The number of carbonyl (C=O) groups excluding carboxylic acids is 1. The summed E-state index contributed by atoms with van der Waals surface area (Å²) in [6.07, 6.45) is 1.70. The molecule has 1 amide bonds. The highest BCUT2D eigenvalue weighted by atomic mass is 35.5. The highest BCUT2D eigenvalue weighted by Crippen LogP contribution is 2.18. The Bertz CT molecular complexity index is 203. The Morgan fingerprint density at radius 2 is 2.07 bits per heavy atom. The number of halogens is 1. The number of amides is 1. The van der Waals surface area contributed by atoms with Gasteiger partial charge >= 0.3 is 0 Å². The quantitative estimate of drug-likeness (QED) is 0.694. The van der Waals surface area contributed by atoms with Crippen LogP contribution in [0.25, 0.3) is 0 Å². The molecule has 1 rings (SSSR count). The summed E-state index contributed by atoms with van der Waals surface area (Å²) in [4.78, 5) is 14.0. The zero-order valence-electron chi connectivity index (χ0n) is 9.54. The Morgan fingerprint density at radius 3 is 2.53 bits per heavy atom. The van der Waals surface area contributed by atoms with E-state index in [9.17, 15) is 4.79 Å². The summed E-state index contributed by atoms with van der Waals surface area (Å²) in [6.45, 7) is 6.13. The summed E-state index contributed by atoms with van der Waals surface area (Å²) in [5.41, 5.74) is 0. The smallest absolute Gasteiger partial charge is 0.226 e. The highest BCUT2D eigenvalue weighted by molar-refractivity contribution is 6.18. The molecule has 1 saturated heterocycles. The molecule has 0 spiro atoms. The molecule has 0 radical (unpaired) electrons. The van der Waals surface area contributed by atoms with E-state index in [4.69, 9.17) is 16.3 Å². The fourth-order valence-corrected chi connectivity index (χ4v) is 2.08. The van der Waals surface area contributed by atoms with E-state index >= 15 is 0 Å². The van der Waals surface area contributed by atoms with Crippen molar-refractivity contribution in [3.8, 4) is 0 Å². The van der Waals surface area contributed by atoms with Crippen molar-refractivity contribution in [3.05, 3.63) is 0 Å². The first-order valence-electron chi connectivity index (χ1n) is 5.61. The lowest BCUT2D eigenvalue weighted by atomic mass is 9.98. The molecule has 15 heavy (non-hydrogen) atoms. The molecule has 1 fully saturated rings. The molecule has 0 aromatic heterocycles. The molecule has 0 atom stereocenters. The first kappa shape index (κ1) is 12.8. The molecule has 0 unspecified atom stereocenters. The molecule has 1 aliphatic heterocycles. The van der Waals surface area contributed by atoms with Crippen LogP contribution in [0.15, 0.2) is 0 Å². The van der Waals surface area contributed by atoms with E-state index in [1.54, 1.807) is 0 Å². The van der Waals surface area contributed by atoms with Gasteiger partial charge in [0.15, 0.2) is 0 Å². The number of hydrogen-bond acceptors (Lipinski definition) is 2. The van der Waals surface area contributed by atoms with Crippen LogP contribution in [-0.2, 0) is 9.53 Å². The topological polar surface area (TPSA) is 29.5 Å². The van der Waals surface area contributed by atoms with Crippen LogP contribution in [0.1, 0.15) is 26.7 Å². The predicted octanol–water partition coefficient (Wildman–Crippen LogP) is 1.89. The first-order chi connectivity index (χ1) is 7.16. The predicted molar refractivity (Wildman–Crippen MR) is 61.1 cm³/mol. The van der Waals surface area contributed by atoms with Crippen molar-refractivity contribution >= 4 is 17.5 Å². The maximum Gasteiger partial charge on any atom is 0.226 e. The summed E-state index contributed by atoms with van der Waals surface area (Å²) < 4.78 is 5.25. The van der Waals surface area contributed by atoms with E-state index in [1.165, 1.54) is 0 Å². The molecule has 0 aliphatic carbocycles. The van der Waals surface area contributed by atoms with Gasteiger partial charge in [0.2, 0.25) is 5.91 Å². The number of ether oxygens (including phenoxy) is 1. The van der Waals surface area contributed by atoms with Crippen molar-refractivity contribution in [2.75, 3.05) is 25.6 Å². The van der Waals surface area contributed by atoms with Crippen molar-refractivity contribution in [3.63, 3.8) is 0 Å². The van der Waals surface area contributed by atoms with Crippen LogP contribution in [-0.4, -0.2) is 42.5 Å². The Hall–Kier alpha value is -0.280. The van der Waals surface area contributed by atoms with Crippen LogP contribution in [0, 0.1) is 5.92 Å². The van der Waals surface area contributed by atoms with Crippen molar-refractivity contribution in [1.29, 1.82) is 0 Å². The van der Waals surface area contributed by atoms with E-state index in [0.717, 1.165) is 12.8 Å². The minimum absolute atomic E-state index is 0.143. The van der Waals surface area contributed by atoms with Crippen molar-refractivity contribution in [2.45, 2.75) is 32.7 Å². The van der Waals surface area contributed by atoms with Crippen LogP contribution < -0.4 is 0 Å². The fourth-order valence-electron chi connectivity index (χ4n) is 1.89. The zero-order valence-corrected chi connectivity index (χ0v) is 10.3. The molecule has 4 heteroatoms. The maximum atomic E-state index is 12.1. The minimum Gasteiger partial charge on any atom is -0.381 e. The third-order valence-electron chi connectivity index (χ3n) is 2.80. The molecule has 0 saturated carbocycles. The molecule has 1 aliphatic rings. The van der Waals surface area contributed by atoms with Crippen LogP contribution in [0.4, 0.5) is 0 Å². The Kier molecular flexibility index (Phi) is 5.40. The van der Waals surface area contributed by atoms with Gasteiger partial charge in [-0.05, 0) is 26.7 Å².